The molecule has 0 saturated heterocycles. The molecule has 1 aromatic rings. The minimum Gasteiger partial charge on any atom is -0.489 e. The Balaban J connectivity index is 1.84. The summed E-state index contributed by atoms with van der Waals surface area (Å²) in [6, 6.07) is 6.93. The van der Waals surface area contributed by atoms with E-state index in [9.17, 15) is 18.8 Å². The van der Waals surface area contributed by atoms with Crippen LogP contribution < -0.4 is 9.47 Å². The van der Waals surface area contributed by atoms with E-state index in [1.54, 1.807) is 12.1 Å². The Labute approximate surface area is 150 Å². The quantitative estimate of drug-likeness (QED) is 0.786. The number of alkyl halides is 2. The molecule has 0 amide bonds. The van der Waals surface area contributed by atoms with Gasteiger partial charge < -0.3 is 14.6 Å². The maximum Gasteiger partial charge on any atom is 0.387 e. The highest BCUT2D eigenvalue weighted by Gasteiger charge is 2.39. The van der Waals surface area contributed by atoms with Gasteiger partial charge in [-0.2, -0.15) is 14.0 Å². The topological polar surface area (TPSA) is 79.5 Å². The van der Waals surface area contributed by atoms with Gasteiger partial charge in [0.1, 0.15) is 0 Å². The third-order valence-corrected chi connectivity index (χ3v) is 5.29. The van der Waals surface area contributed by atoms with E-state index in [2.05, 4.69) is 10.8 Å². The molecule has 0 aliphatic heterocycles. The van der Waals surface area contributed by atoms with Gasteiger partial charge in [0.15, 0.2) is 11.5 Å². The van der Waals surface area contributed by atoms with Crippen LogP contribution in [-0.4, -0.2) is 24.3 Å². The lowest BCUT2D eigenvalue weighted by atomic mass is 9.67. The highest BCUT2D eigenvalue weighted by atomic mass is 19.3. The van der Waals surface area contributed by atoms with E-state index in [-0.39, 0.29) is 11.5 Å². The number of carbonyl (C=O) groups is 1. The summed E-state index contributed by atoms with van der Waals surface area (Å²) >= 11 is 0. The molecule has 0 spiro atoms. The van der Waals surface area contributed by atoms with Crippen LogP contribution in [0.2, 0.25) is 0 Å². The number of aliphatic carboxylic acids is 1. The van der Waals surface area contributed by atoms with Gasteiger partial charge in [-0.1, -0.05) is 6.07 Å². The zero-order valence-corrected chi connectivity index (χ0v) is 14.3. The summed E-state index contributed by atoms with van der Waals surface area (Å²) in [4.78, 5) is 11.2. The number of halogens is 2. The average Bonchev–Trinajstić information content (AvgIpc) is 3.44. The summed E-state index contributed by atoms with van der Waals surface area (Å²) in [6.45, 7) is -2.52. The molecule has 2 aliphatic carbocycles. The molecule has 0 unspecified atom stereocenters. The number of nitriles is 1. The van der Waals surface area contributed by atoms with E-state index in [1.807, 2.05) is 0 Å². The minimum atomic E-state index is -2.96. The van der Waals surface area contributed by atoms with Gasteiger partial charge in [0.2, 0.25) is 0 Å². The first kappa shape index (κ1) is 18.4. The summed E-state index contributed by atoms with van der Waals surface area (Å²) in [7, 11) is 0. The first-order valence-corrected chi connectivity index (χ1v) is 8.80. The van der Waals surface area contributed by atoms with Gasteiger partial charge in [0.05, 0.1) is 24.0 Å². The Morgan fingerprint density at radius 2 is 1.96 bits per heavy atom. The number of carboxylic acid groups (broad SMARTS) is 1. The van der Waals surface area contributed by atoms with E-state index >= 15 is 0 Å². The summed E-state index contributed by atoms with van der Waals surface area (Å²) < 4.78 is 35.5. The summed E-state index contributed by atoms with van der Waals surface area (Å²) in [5, 5.41) is 18.9. The maximum absolute atomic E-state index is 12.6. The van der Waals surface area contributed by atoms with Crippen LogP contribution in [0.1, 0.15) is 44.1 Å². The molecule has 0 aromatic heterocycles. The van der Waals surface area contributed by atoms with Crippen molar-refractivity contribution < 1.29 is 28.2 Å². The van der Waals surface area contributed by atoms with Crippen molar-refractivity contribution in [1.29, 1.82) is 5.26 Å². The predicted molar refractivity (Wildman–Crippen MR) is 88.2 cm³/mol. The van der Waals surface area contributed by atoms with Gasteiger partial charge in [0, 0.05) is 0 Å². The molecule has 1 aromatic carbocycles. The fourth-order valence-electron chi connectivity index (χ4n) is 3.43. The third-order valence-electron chi connectivity index (χ3n) is 5.29. The summed E-state index contributed by atoms with van der Waals surface area (Å²) in [6.07, 6.45) is 3.77. The van der Waals surface area contributed by atoms with Gasteiger partial charge in [-0.05, 0) is 62.1 Å². The molecule has 26 heavy (non-hydrogen) atoms. The highest BCUT2D eigenvalue weighted by Crippen LogP contribution is 2.44. The molecule has 140 valence electrons. The molecule has 0 heterocycles. The Morgan fingerprint density at radius 3 is 2.50 bits per heavy atom. The fourth-order valence-corrected chi connectivity index (χ4v) is 3.43. The second-order valence-electron chi connectivity index (χ2n) is 7.10. The van der Waals surface area contributed by atoms with Crippen molar-refractivity contribution in [3.8, 4) is 17.6 Å². The SMILES string of the molecule is N#C[C@]1(c2ccc(OC(F)F)c(OCC3CC3)c2)CC[C@H](C(=O)O)CC1. The van der Waals surface area contributed by atoms with Gasteiger partial charge in [-0.15, -0.1) is 0 Å². The lowest BCUT2D eigenvalue weighted by molar-refractivity contribution is -0.143. The smallest absolute Gasteiger partial charge is 0.387 e. The molecule has 2 aliphatic rings. The zero-order valence-electron chi connectivity index (χ0n) is 14.3. The summed E-state index contributed by atoms with van der Waals surface area (Å²) in [5.41, 5.74) is -0.163. The first-order valence-electron chi connectivity index (χ1n) is 8.80. The van der Waals surface area contributed by atoms with Crippen LogP contribution in [0.3, 0.4) is 0 Å². The normalized spacial score (nSPS) is 25.5. The molecule has 2 saturated carbocycles. The minimum absolute atomic E-state index is 0.0447. The van der Waals surface area contributed by atoms with E-state index < -0.39 is 23.9 Å². The predicted octanol–water partition coefficient (Wildman–Crippen LogP) is 4.11. The average molecular weight is 365 g/mol. The van der Waals surface area contributed by atoms with Crippen molar-refractivity contribution in [2.24, 2.45) is 11.8 Å². The zero-order chi connectivity index (χ0) is 18.7. The Hall–Kier alpha value is -2.36. The first-order chi connectivity index (χ1) is 12.4. The highest BCUT2D eigenvalue weighted by molar-refractivity contribution is 5.70. The molecular weight excluding hydrogens is 344 g/mol. The molecular formula is C19H21F2NO4. The third kappa shape index (κ3) is 4.06. The largest absolute Gasteiger partial charge is 0.489 e. The number of rotatable bonds is 7. The molecule has 0 atom stereocenters. The number of nitrogens with zero attached hydrogens (tertiary/aromatic N) is 1. The maximum atomic E-state index is 12.6. The molecule has 0 radical (unpaired) electrons. The van der Waals surface area contributed by atoms with E-state index in [4.69, 9.17) is 9.84 Å². The van der Waals surface area contributed by atoms with Crippen LogP contribution in [0.25, 0.3) is 0 Å². The van der Waals surface area contributed by atoms with E-state index in [1.165, 1.54) is 6.07 Å². The van der Waals surface area contributed by atoms with Crippen molar-refractivity contribution in [3.05, 3.63) is 23.8 Å². The molecule has 7 heteroatoms. The Bertz CT molecular complexity index is 704. The number of ether oxygens (including phenoxy) is 2. The van der Waals surface area contributed by atoms with Crippen molar-refractivity contribution in [1.82, 2.24) is 0 Å². The Kier molecular flexibility index (Phi) is 5.30. The number of benzene rings is 1. The Morgan fingerprint density at radius 1 is 1.27 bits per heavy atom. The number of hydrogen-bond donors (Lipinski definition) is 1. The van der Waals surface area contributed by atoms with Gasteiger partial charge in [-0.3, -0.25) is 4.79 Å². The van der Waals surface area contributed by atoms with Gasteiger partial charge >= 0.3 is 12.6 Å². The number of carboxylic acids is 1. The van der Waals surface area contributed by atoms with Crippen LogP contribution in [0.5, 0.6) is 11.5 Å². The van der Waals surface area contributed by atoms with Crippen LogP contribution in [0.4, 0.5) is 8.78 Å². The lowest BCUT2D eigenvalue weighted by Gasteiger charge is -2.34. The lowest BCUT2D eigenvalue weighted by Crippen LogP contribution is -2.32. The fraction of sp³-hybridized carbons (Fsp3) is 0.579. The molecule has 3 rings (SSSR count). The van der Waals surface area contributed by atoms with E-state index in [0.29, 0.717) is 43.8 Å². The van der Waals surface area contributed by atoms with Crippen LogP contribution >= 0.6 is 0 Å². The van der Waals surface area contributed by atoms with Crippen LogP contribution in [-0.2, 0) is 10.2 Å². The van der Waals surface area contributed by atoms with Crippen molar-refractivity contribution in [2.75, 3.05) is 6.61 Å². The van der Waals surface area contributed by atoms with E-state index in [0.717, 1.165) is 12.8 Å². The standard InChI is InChI=1S/C19H21F2NO4/c20-18(21)26-15-4-3-14(9-16(15)25-10-12-1-2-12)19(11-22)7-5-13(6-8-19)17(23)24/h3-4,9,12-13,18H,1-2,5-8,10H2,(H,23,24)/t13-,19-. The summed E-state index contributed by atoms with van der Waals surface area (Å²) in [5.74, 6) is -0.676. The van der Waals surface area contributed by atoms with Crippen LogP contribution in [0.15, 0.2) is 18.2 Å². The molecule has 0 bridgehead atoms. The van der Waals surface area contributed by atoms with Gasteiger partial charge in [-0.25, -0.2) is 0 Å². The monoisotopic (exact) mass is 365 g/mol. The van der Waals surface area contributed by atoms with Gasteiger partial charge in [0.25, 0.3) is 0 Å². The second kappa shape index (κ2) is 7.48. The second-order valence-corrected chi connectivity index (χ2v) is 7.10. The molecule has 1 N–H and O–H groups in total. The van der Waals surface area contributed by atoms with Crippen molar-refractivity contribution in [3.63, 3.8) is 0 Å². The van der Waals surface area contributed by atoms with Crippen molar-refractivity contribution in [2.45, 2.75) is 50.6 Å². The molecule has 5 nitrogen and oxygen atoms in total. The molecule has 2 fully saturated rings. The number of hydrogen-bond acceptors (Lipinski definition) is 4. The van der Waals surface area contributed by atoms with Crippen molar-refractivity contribution >= 4 is 5.97 Å². The van der Waals surface area contributed by atoms with Crippen LogP contribution in [0, 0.1) is 23.2 Å².